The highest BCUT2D eigenvalue weighted by Gasteiger charge is 2.10. The Morgan fingerprint density at radius 3 is 2.61 bits per heavy atom. The second-order valence-corrected chi connectivity index (χ2v) is 7.22. The highest BCUT2D eigenvalue weighted by molar-refractivity contribution is 5.92. The summed E-state index contributed by atoms with van der Waals surface area (Å²) < 4.78 is 7.21. The van der Waals surface area contributed by atoms with Crippen LogP contribution in [0.3, 0.4) is 0 Å². The molecule has 2 aromatic carbocycles. The van der Waals surface area contributed by atoms with E-state index in [0.29, 0.717) is 17.1 Å². The lowest BCUT2D eigenvalue weighted by Gasteiger charge is -2.10. The number of hydrogen-bond donors (Lipinski definition) is 1. The summed E-state index contributed by atoms with van der Waals surface area (Å²) in [6, 6.07) is 16.1. The van der Waals surface area contributed by atoms with Gasteiger partial charge in [-0.25, -0.2) is 4.98 Å². The smallest absolute Gasteiger partial charge is 0.286 e. The lowest BCUT2D eigenvalue weighted by atomic mass is 10.1. The number of amides is 1. The Kier molecular flexibility index (Phi) is 5.36. The molecule has 2 aromatic heterocycles. The van der Waals surface area contributed by atoms with E-state index >= 15 is 0 Å². The summed E-state index contributed by atoms with van der Waals surface area (Å²) in [5.41, 5.74) is 4.96. The number of nitrogens with zero attached hydrogens (tertiary/aromatic N) is 3. The van der Waals surface area contributed by atoms with Crippen LogP contribution < -0.4 is 10.1 Å². The van der Waals surface area contributed by atoms with Crippen LogP contribution in [-0.4, -0.2) is 26.8 Å². The molecule has 31 heavy (non-hydrogen) atoms. The van der Waals surface area contributed by atoms with Crippen molar-refractivity contribution in [1.82, 2.24) is 9.38 Å². The maximum atomic E-state index is 12.2. The van der Waals surface area contributed by atoms with Crippen LogP contribution in [0.25, 0.3) is 16.9 Å². The van der Waals surface area contributed by atoms with Crippen LogP contribution in [0.2, 0.25) is 0 Å². The van der Waals surface area contributed by atoms with E-state index in [2.05, 4.69) is 10.3 Å². The SMILES string of the molecule is Cc1ccc(C)c(NC(=O)COc2ccc(-c3cn4cc([N+](=O)[O-])ccc4n3)cc2)c1. The number of nitrogens with one attached hydrogen (secondary N) is 1. The molecule has 0 radical (unpaired) electrons. The molecule has 0 bridgehead atoms. The van der Waals surface area contributed by atoms with Crippen molar-refractivity contribution in [2.24, 2.45) is 0 Å². The van der Waals surface area contributed by atoms with Crippen molar-refractivity contribution in [3.63, 3.8) is 0 Å². The van der Waals surface area contributed by atoms with Gasteiger partial charge in [-0.15, -0.1) is 0 Å². The minimum Gasteiger partial charge on any atom is -0.484 e. The largest absolute Gasteiger partial charge is 0.484 e. The van der Waals surface area contributed by atoms with Crippen molar-refractivity contribution < 1.29 is 14.5 Å². The summed E-state index contributed by atoms with van der Waals surface area (Å²) in [6.45, 7) is 3.80. The first-order valence-corrected chi connectivity index (χ1v) is 9.62. The van der Waals surface area contributed by atoms with Gasteiger partial charge in [0.15, 0.2) is 6.61 Å². The topological polar surface area (TPSA) is 98.8 Å². The van der Waals surface area contributed by atoms with Crippen molar-refractivity contribution in [3.05, 3.63) is 88.2 Å². The Morgan fingerprint density at radius 1 is 1.10 bits per heavy atom. The van der Waals surface area contributed by atoms with Crippen molar-refractivity contribution in [1.29, 1.82) is 0 Å². The van der Waals surface area contributed by atoms with E-state index < -0.39 is 4.92 Å². The van der Waals surface area contributed by atoms with Crippen LogP contribution >= 0.6 is 0 Å². The van der Waals surface area contributed by atoms with Gasteiger partial charge in [-0.3, -0.25) is 19.3 Å². The Labute approximate surface area is 178 Å². The average molecular weight is 416 g/mol. The van der Waals surface area contributed by atoms with Crippen LogP contribution in [0.4, 0.5) is 11.4 Å². The van der Waals surface area contributed by atoms with Gasteiger partial charge in [-0.2, -0.15) is 0 Å². The molecule has 0 aliphatic rings. The fourth-order valence-corrected chi connectivity index (χ4v) is 3.15. The Bertz CT molecular complexity index is 1280. The van der Waals surface area contributed by atoms with Crippen molar-refractivity contribution in [3.8, 4) is 17.0 Å². The maximum Gasteiger partial charge on any atom is 0.286 e. The molecule has 0 fully saturated rings. The quantitative estimate of drug-likeness (QED) is 0.367. The minimum atomic E-state index is -0.443. The number of imidazole rings is 1. The van der Waals surface area contributed by atoms with Crippen LogP contribution in [0.5, 0.6) is 5.75 Å². The van der Waals surface area contributed by atoms with Crippen molar-refractivity contribution in [2.45, 2.75) is 13.8 Å². The molecule has 0 aliphatic carbocycles. The molecule has 0 saturated carbocycles. The first-order chi connectivity index (χ1) is 14.9. The molecule has 2 heterocycles. The van der Waals surface area contributed by atoms with Gasteiger partial charge in [-0.05, 0) is 61.4 Å². The Balaban J connectivity index is 1.41. The molecule has 1 amide bonds. The van der Waals surface area contributed by atoms with Crippen LogP contribution in [-0.2, 0) is 4.79 Å². The van der Waals surface area contributed by atoms with Crippen LogP contribution in [0.15, 0.2) is 67.0 Å². The summed E-state index contributed by atoms with van der Waals surface area (Å²) in [6.07, 6.45) is 3.16. The van der Waals surface area contributed by atoms with Gasteiger partial charge in [0, 0.05) is 23.5 Å². The Morgan fingerprint density at radius 2 is 1.87 bits per heavy atom. The third kappa shape index (κ3) is 4.53. The number of anilines is 1. The van der Waals surface area contributed by atoms with Crippen molar-refractivity contribution in [2.75, 3.05) is 11.9 Å². The van der Waals surface area contributed by atoms with Crippen molar-refractivity contribution >= 4 is 22.9 Å². The zero-order chi connectivity index (χ0) is 22.0. The second kappa shape index (κ2) is 8.27. The minimum absolute atomic E-state index is 0.000619. The molecule has 4 rings (SSSR count). The van der Waals surface area contributed by atoms with Gasteiger partial charge < -0.3 is 10.1 Å². The van der Waals surface area contributed by atoms with E-state index in [4.69, 9.17) is 4.74 Å². The number of benzene rings is 2. The predicted octanol–water partition coefficient (Wildman–Crippen LogP) is 4.54. The molecule has 8 heteroatoms. The number of carbonyl (C=O) groups is 1. The van der Waals surface area contributed by atoms with E-state index in [-0.39, 0.29) is 18.2 Å². The molecule has 156 valence electrons. The highest BCUT2D eigenvalue weighted by Crippen LogP contribution is 2.24. The van der Waals surface area contributed by atoms with Gasteiger partial charge >= 0.3 is 0 Å². The van der Waals surface area contributed by atoms with E-state index in [1.165, 1.54) is 12.3 Å². The lowest BCUT2D eigenvalue weighted by molar-refractivity contribution is -0.385. The maximum absolute atomic E-state index is 12.2. The number of carbonyl (C=O) groups excluding carboxylic acids is 1. The number of pyridine rings is 1. The predicted molar refractivity (Wildman–Crippen MR) is 117 cm³/mol. The van der Waals surface area contributed by atoms with E-state index in [1.54, 1.807) is 28.8 Å². The van der Waals surface area contributed by atoms with Gasteiger partial charge in [0.2, 0.25) is 0 Å². The van der Waals surface area contributed by atoms with E-state index in [1.807, 2.05) is 44.2 Å². The standard InChI is InChI=1S/C23H20N4O4/c1-15-3-4-16(2)20(11-15)25-23(28)14-31-19-8-5-17(6-9-19)21-13-26-12-18(27(29)30)7-10-22(26)24-21/h3-13H,14H2,1-2H3,(H,25,28). The lowest BCUT2D eigenvalue weighted by Crippen LogP contribution is -2.20. The summed E-state index contributed by atoms with van der Waals surface area (Å²) in [5.74, 6) is 0.319. The molecular formula is C23H20N4O4. The normalized spacial score (nSPS) is 10.8. The summed E-state index contributed by atoms with van der Waals surface area (Å²) in [4.78, 5) is 27.2. The number of aromatic nitrogens is 2. The fourth-order valence-electron chi connectivity index (χ4n) is 3.15. The molecule has 0 unspecified atom stereocenters. The number of fused-ring (bicyclic) bond motifs is 1. The first kappa shape index (κ1) is 20.1. The highest BCUT2D eigenvalue weighted by atomic mass is 16.6. The van der Waals surface area contributed by atoms with Gasteiger partial charge in [0.25, 0.3) is 11.6 Å². The molecule has 0 atom stereocenters. The molecule has 0 aliphatic heterocycles. The number of nitro groups is 1. The molecular weight excluding hydrogens is 396 g/mol. The summed E-state index contributed by atoms with van der Waals surface area (Å²) in [5, 5.41) is 13.8. The van der Waals surface area contributed by atoms with Crippen LogP contribution in [0.1, 0.15) is 11.1 Å². The number of rotatable bonds is 6. The van der Waals surface area contributed by atoms with Gasteiger partial charge in [0.05, 0.1) is 16.8 Å². The Hall–Kier alpha value is -4.20. The van der Waals surface area contributed by atoms with E-state index in [0.717, 1.165) is 22.4 Å². The molecule has 0 spiro atoms. The number of aryl methyl sites for hydroxylation is 2. The van der Waals surface area contributed by atoms with Crippen LogP contribution in [0, 0.1) is 24.0 Å². The number of hydrogen-bond acceptors (Lipinski definition) is 5. The molecule has 4 aromatic rings. The first-order valence-electron chi connectivity index (χ1n) is 9.62. The monoisotopic (exact) mass is 416 g/mol. The zero-order valence-electron chi connectivity index (χ0n) is 17.0. The van der Waals surface area contributed by atoms with E-state index in [9.17, 15) is 14.9 Å². The van der Waals surface area contributed by atoms with Gasteiger partial charge in [0.1, 0.15) is 11.4 Å². The third-order valence-corrected chi connectivity index (χ3v) is 4.83. The summed E-state index contributed by atoms with van der Waals surface area (Å²) >= 11 is 0. The fraction of sp³-hybridized carbons (Fsp3) is 0.130. The molecule has 1 N–H and O–H groups in total. The molecule has 0 saturated heterocycles. The molecule has 8 nitrogen and oxygen atoms in total. The zero-order valence-corrected chi connectivity index (χ0v) is 17.0. The number of ether oxygens (including phenoxy) is 1. The third-order valence-electron chi connectivity index (χ3n) is 4.83. The van der Waals surface area contributed by atoms with Gasteiger partial charge in [-0.1, -0.05) is 12.1 Å². The second-order valence-electron chi connectivity index (χ2n) is 7.22. The average Bonchev–Trinajstić information content (AvgIpc) is 3.18. The summed E-state index contributed by atoms with van der Waals surface area (Å²) in [7, 11) is 0.